The van der Waals surface area contributed by atoms with Crippen LogP contribution in [0.25, 0.3) is 0 Å². The second-order valence-electron chi connectivity index (χ2n) is 2.63. The smallest absolute Gasteiger partial charge is 0.103 e. The van der Waals surface area contributed by atoms with Crippen LogP contribution in [0.15, 0.2) is 17.3 Å². The van der Waals surface area contributed by atoms with Gasteiger partial charge in [-0.15, -0.1) is 0 Å². The fourth-order valence-corrected chi connectivity index (χ4v) is 1.30. The standard InChI is InChI=1S/C8H14N2/c1-7(2)10-6-4-5-8(10)9-3/h1,4-6H2,2-3H3/b9-8-. The third kappa shape index (κ3) is 1.20. The number of rotatable bonds is 1. The van der Waals surface area contributed by atoms with Gasteiger partial charge in [0.2, 0.25) is 0 Å². The van der Waals surface area contributed by atoms with Gasteiger partial charge in [-0.1, -0.05) is 6.58 Å². The predicted octanol–water partition coefficient (Wildman–Crippen LogP) is 1.64. The normalized spacial score (nSPS) is 22.2. The van der Waals surface area contributed by atoms with Crippen LogP contribution >= 0.6 is 0 Å². The molecule has 1 fully saturated rings. The van der Waals surface area contributed by atoms with Gasteiger partial charge in [-0.3, -0.25) is 4.99 Å². The number of amidine groups is 1. The van der Waals surface area contributed by atoms with E-state index in [-0.39, 0.29) is 0 Å². The molecule has 0 N–H and O–H groups in total. The van der Waals surface area contributed by atoms with Crippen molar-refractivity contribution in [2.75, 3.05) is 13.6 Å². The number of allylic oxidation sites excluding steroid dienone is 1. The molecule has 2 nitrogen and oxygen atoms in total. The number of nitrogens with zero attached hydrogens (tertiary/aromatic N) is 2. The van der Waals surface area contributed by atoms with Crippen LogP contribution < -0.4 is 0 Å². The van der Waals surface area contributed by atoms with E-state index in [9.17, 15) is 0 Å². The Morgan fingerprint density at radius 3 is 2.80 bits per heavy atom. The first-order valence-corrected chi connectivity index (χ1v) is 3.64. The Kier molecular flexibility index (Phi) is 2.10. The Morgan fingerprint density at radius 2 is 2.40 bits per heavy atom. The zero-order valence-corrected chi connectivity index (χ0v) is 6.72. The van der Waals surface area contributed by atoms with E-state index in [0.717, 1.165) is 18.7 Å². The first kappa shape index (κ1) is 7.32. The van der Waals surface area contributed by atoms with Gasteiger partial charge < -0.3 is 4.90 Å². The molecular formula is C8H14N2. The quantitative estimate of drug-likeness (QED) is 0.538. The van der Waals surface area contributed by atoms with Crippen molar-refractivity contribution in [2.24, 2.45) is 4.99 Å². The van der Waals surface area contributed by atoms with Crippen molar-refractivity contribution in [3.63, 3.8) is 0 Å². The lowest BCUT2D eigenvalue weighted by molar-refractivity contribution is 0.558. The first-order valence-electron chi connectivity index (χ1n) is 3.64. The predicted molar refractivity (Wildman–Crippen MR) is 44.1 cm³/mol. The third-order valence-electron chi connectivity index (χ3n) is 1.81. The lowest BCUT2D eigenvalue weighted by Gasteiger charge is -2.17. The van der Waals surface area contributed by atoms with E-state index in [1.807, 2.05) is 14.0 Å². The molecule has 0 aromatic carbocycles. The maximum atomic E-state index is 4.17. The molecule has 0 unspecified atom stereocenters. The largest absolute Gasteiger partial charge is 0.335 e. The summed E-state index contributed by atoms with van der Waals surface area (Å²) >= 11 is 0. The van der Waals surface area contributed by atoms with E-state index >= 15 is 0 Å². The van der Waals surface area contributed by atoms with Crippen molar-refractivity contribution in [3.05, 3.63) is 12.3 Å². The number of hydrogen-bond donors (Lipinski definition) is 0. The topological polar surface area (TPSA) is 15.6 Å². The molecule has 0 atom stereocenters. The average Bonchev–Trinajstić information content (AvgIpc) is 2.33. The maximum Gasteiger partial charge on any atom is 0.103 e. The Morgan fingerprint density at radius 1 is 1.70 bits per heavy atom. The molecule has 0 amide bonds. The van der Waals surface area contributed by atoms with Crippen molar-refractivity contribution in [1.82, 2.24) is 4.90 Å². The molecule has 0 spiro atoms. The van der Waals surface area contributed by atoms with E-state index in [0.29, 0.717) is 0 Å². The molecule has 0 aromatic rings. The second-order valence-corrected chi connectivity index (χ2v) is 2.63. The van der Waals surface area contributed by atoms with Crippen molar-refractivity contribution < 1.29 is 0 Å². The molecular weight excluding hydrogens is 124 g/mol. The fraction of sp³-hybridized carbons (Fsp3) is 0.625. The monoisotopic (exact) mass is 138 g/mol. The maximum absolute atomic E-state index is 4.17. The van der Waals surface area contributed by atoms with Gasteiger partial charge in [0, 0.05) is 25.7 Å². The minimum Gasteiger partial charge on any atom is -0.335 e. The van der Waals surface area contributed by atoms with Gasteiger partial charge in [0.05, 0.1) is 0 Å². The number of hydrogen-bond acceptors (Lipinski definition) is 1. The molecule has 1 rings (SSSR count). The number of likely N-dealkylation sites (tertiary alicyclic amines) is 1. The highest BCUT2D eigenvalue weighted by Crippen LogP contribution is 2.15. The molecule has 2 heteroatoms. The summed E-state index contributed by atoms with van der Waals surface area (Å²) in [5, 5.41) is 0. The van der Waals surface area contributed by atoms with Crippen molar-refractivity contribution in [1.29, 1.82) is 0 Å². The minimum absolute atomic E-state index is 1.10. The van der Waals surface area contributed by atoms with Gasteiger partial charge in [0.1, 0.15) is 5.84 Å². The van der Waals surface area contributed by atoms with Crippen LogP contribution in [-0.4, -0.2) is 24.3 Å². The molecule has 1 saturated heterocycles. The zero-order chi connectivity index (χ0) is 7.56. The van der Waals surface area contributed by atoms with Gasteiger partial charge in [0.25, 0.3) is 0 Å². The molecule has 10 heavy (non-hydrogen) atoms. The average molecular weight is 138 g/mol. The van der Waals surface area contributed by atoms with Crippen LogP contribution in [0.5, 0.6) is 0 Å². The Hall–Kier alpha value is -0.790. The van der Waals surface area contributed by atoms with Gasteiger partial charge in [-0.2, -0.15) is 0 Å². The van der Waals surface area contributed by atoms with Crippen molar-refractivity contribution >= 4 is 5.84 Å². The summed E-state index contributed by atoms with van der Waals surface area (Å²) in [6.45, 7) is 7.00. The summed E-state index contributed by atoms with van der Waals surface area (Å²) < 4.78 is 0. The van der Waals surface area contributed by atoms with Crippen LogP contribution in [0.1, 0.15) is 19.8 Å². The van der Waals surface area contributed by atoms with Crippen molar-refractivity contribution in [3.8, 4) is 0 Å². The van der Waals surface area contributed by atoms with E-state index in [4.69, 9.17) is 0 Å². The number of aliphatic imine (C=N–C) groups is 1. The van der Waals surface area contributed by atoms with Crippen LogP contribution in [0.3, 0.4) is 0 Å². The van der Waals surface area contributed by atoms with Gasteiger partial charge in [-0.25, -0.2) is 0 Å². The molecule has 0 bridgehead atoms. The van der Waals surface area contributed by atoms with Crippen LogP contribution in [-0.2, 0) is 0 Å². The summed E-state index contributed by atoms with van der Waals surface area (Å²) in [7, 11) is 1.84. The van der Waals surface area contributed by atoms with E-state index < -0.39 is 0 Å². The molecule has 1 heterocycles. The van der Waals surface area contributed by atoms with E-state index in [1.165, 1.54) is 12.3 Å². The Labute approximate surface area is 62.3 Å². The van der Waals surface area contributed by atoms with Gasteiger partial charge >= 0.3 is 0 Å². The van der Waals surface area contributed by atoms with Crippen LogP contribution in [0, 0.1) is 0 Å². The minimum atomic E-state index is 1.10. The highest BCUT2D eigenvalue weighted by molar-refractivity contribution is 5.85. The summed E-state index contributed by atoms with van der Waals surface area (Å²) in [4.78, 5) is 6.35. The van der Waals surface area contributed by atoms with Crippen LogP contribution in [0.2, 0.25) is 0 Å². The van der Waals surface area contributed by atoms with E-state index in [2.05, 4.69) is 16.5 Å². The molecule has 56 valence electrons. The highest BCUT2D eigenvalue weighted by atomic mass is 15.2. The lowest BCUT2D eigenvalue weighted by Crippen LogP contribution is -2.21. The summed E-state index contributed by atoms with van der Waals surface area (Å²) in [5.41, 5.74) is 1.11. The fourth-order valence-electron chi connectivity index (χ4n) is 1.30. The summed E-state index contributed by atoms with van der Waals surface area (Å²) in [5.74, 6) is 1.19. The van der Waals surface area contributed by atoms with Gasteiger partial charge in [-0.05, 0) is 13.3 Å². The van der Waals surface area contributed by atoms with Crippen molar-refractivity contribution in [2.45, 2.75) is 19.8 Å². The molecule has 1 aliphatic heterocycles. The molecule has 0 saturated carbocycles. The SMILES string of the molecule is C=C(C)N1CCC/C1=N/C. The Balaban J connectivity index is 2.68. The first-order chi connectivity index (χ1) is 4.75. The van der Waals surface area contributed by atoms with Crippen LogP contribution in [0.4, 0.5) is 0 Å². The highest BCUT2D eigenvalue weighted by Gasteiger charge is 2.17. The van der Waals surface area contributed by atoms with Gasteiger partial charge in [0.15, 0.2) is 0 Å². The molecule has 0 aliphatic carbocycles. The second kappa shape index (κ2) is 2.86. The molecule has 0 aromatic heterocycles. The molecule has 1 aliphatic rings. The summed E-state index contributed by atoms with van der Waals surface area (Å²) in [6.07, 6.45) is 2.34. The third-order valence-corrected chi connectivity index (χ3v) is 1.81. The molecule has 0 radical (unpaired) electrons. The Bertz CT molecular complexity index is 170. The lowest BCUT2D eigenvalue weighted by atomic mass is 10.4. The zero-order valence-electron chi connectivity index (χ0n) is 6.72. The van der Waals surface area contributed by atoms with E-state index in [1.54, 1.807) is 0 Å². The summed E-state index contributed by atoms with van der Waals surface area (Å²) in [6, 6.07) is 0.